The van der Waals surface area contributed by atoms with Crippen LogP contribution < -0.4 is 10.1 Å². The van der Waals surface area contributed by atoms with Gasteiger partial charge in [0.25, 0.3) is 0 Å². The number of methoxy groups -OCH3 is 1. The molecule has 1 atom stereocenters. The number of nitrogens with one attached hydrogen (secondary N) is 1. The van der Waals surface area contributed by atoms with Crippen molar-refractivity contribution in [2.75, 3.05) is 7.11 Å². The van der Waals surface area contributed by atoms with Crippen LogP contribution in [0, 0.1) is 13.8 Å². The summed E-state index contributed by atoms with van der Waals surface area (Å²) >= 11 is 0. The largest absolute Gasteiger partial charge is 0.497 e. The Balaban J connectivity index is 1.62. The van der Waals surface area contributed by atoms with Crippen LogP contribution in [0.1, 0.15) is 34.1 Å². The summed E-state index contributed by atoms with van der Waals surface area (Å²) in [5, 5.41) is 4.11. The maximum Gasteiger partial charge on any atom is 0.225 e. The minimum absolute atomic E-state index is 0.105. The number of imidazole rings is 1. The van der Waals surface area contributed by atoms with Gasteiger partial charge in [0.1, 0.15) is 23.2 Å². The van der Waals surface area contributed by atoms with E-state index in [1.165, 1.54) is 11.1 Å². The number of hydrogen-bond donors (Lipinski definition) is 1. The van der Waals surface area contributed by atoms with E-state index in [2.05, 4.69) is 30.2 Å². The van der Waals surface area contributed by atoms with E-state index in [9.17, 15) is 4.79 Å². The molecule has 2 heterocycles. The monoisotopic (exact) mass is 403 g/mol. The second kappa shape index (κ2) is 8.06. The van der Waals surface area contributed by atoms with E-state index >= 15 is 0 Å². The molecule has 0 spiro atoms. The van der Waals surface area contributed by atoms with Crippen molar-refractivity contribution in [1.82, 2.24) is 14.9 Å². The second-order valence-electron chi connectivity index (χ2n) is 7.54. The number of fused-ring (bicyclic) bond motifs is 1. The molecule has 0 fully saturated rings. The smallest absolute Gasteiger partial charge is 0.225 e. The first-order valence-electron chi connectivity index (χ1n) is 9.84. The number of amides is 1. The van der Waals surface area contributed by atoms with Crippen LogP contribution in [0.15, 0.2) is 59.5 Å². The van der Waals surface area contributed by atoms with E-state index in [-0.39, 0.29) is 12.3 Å². The molecular weight excluding hydrogens is 378 g/mol. The lowest BCUT2D eigenvalue weighted by Crippen LogP contribution is -2.32. The summed E-state index contributed by atoms with van der Waals surface area (Å²) in [5.74, 6) is 1.37. The number of carbonyl (C=O) groups excluding carboxylic acids is 1. The van der Waals surface area contributed by atoms with Crippen molar-refractivity contribution in [2.24, 2.45) is 7.05 Å². The van der Waals surface area contributed by atoms with Gasteiger partial charge in [0, 0.05) is 30.4 Å². The van der Waals surface area contributed by atoms with Gasteiger partial charge in [-0.15, -0.1) is 0 Å². The van der Waals surface area contributed by atoms with Crippen LogP contribution in [-0.2, 0) is 18.3 Å². The Morgan fingerprint density at radius 1 is 1.23 bits per heavy atom. The first-order chi connectivity index (χ1) is 14.5. The highest BCUT2D eigenvalue weighted by Gasteiger charge is 2.22. The van der Waals surface area contributed by atoms with Gasteiger partial charge in [-0.2, -0.15) is 0 Å². The van der Waals surface area contributed by atoms with Crippen LogP contribution in [0.4, 0.5) is 0 Å². The lowest BCUT2D eigenvalue weighted by molar-refractivity contribution is -0.121. The second-order valence-corrected chi connectivity index (χ2v) is 7.54. The Labute approximate surface area is 175 Å². The van der Waals surface area contributed by atoms with Gasteiger partial charge in [0.2, 0.25) is 5.91 Å². The molecule has 30 heavy (non-hydrogen) atoms. The van der Waals surface area contributed by atoms with Crippen molar-refractivity contribution in [3.05, 3.63) is 83.1 Å². The number of aryl methyl sites for hydroxylation is 3. The third kappa shape index (κ3) is 3.81. The van der Waals surface area contributed by atoms with Crippen LogP contribution in [-0.4, -0.2) is 22.6 Å². The average Bonchev–Trinajstić information content (AvgIpc) is 3.33. The average molecular weight is 403 g/mol. The fourth-order valence-corrected chi connectivity index (χ4v) is 3.63. The van der Waals surface area contributed by atoms with Crippen LogP contribution >= 0.6 is 0 Å². The van der Waals surface area contributed by atoms with Gasteiger partial charge in [-0.1, -0.05) is 12.1 Å². The SMILES string of the molecule is COc1cccc(C(NC(=O)Cc2coc3cc(C)c(C)cc23)c2nccn2C)c1. The molecule has 6 nitrogen and oxygen atoms in total. The lowest BCUT2D eigenvalue weighted by Gasteiger charge is -2.19. The number of rotatable bonds is 6. The molecule has 0 aliphatic rings. The molecule has 0 aliphatic heterocycles. The predicted octanol–water partition coefficient (Wildman–Crippen LogP) is 4.24. The highest BCUT2D eigenvalue weighted by molar-refractivity contribution is 5.88. The third-order valence-corrected chi connectivity index (χ3v) is 5.47. The summed E-state index contributed by atoms with van der Waals surface area (Å²) < 4.78 is 13.0. The Morgan fingerprint density at radius 3 is 2.77 bits per heavy atom. The quantitative estimate of drug-likeness (QED) is 0.523. The summed E-state index contributed by atoms with van der Waals surface area (Å²) in [7, 11) is 3.54. The zero-order valence-electron chi connectivity index (χ0n) is 17.6. The zero-order chi connectivity index (χ0) is 21.3. The summed E-state index contributed by atoms with van der Waals surface area (Å²) in [4.78, 5) is 17.5. The standard InChI is InChI=1S/C24H25N3O3/c1-15-10-20-18(14-30-21(20)11-16(15)2)13-22(28)26-23(24-25-8-9-27(24)3)17-6-5-7-19(12-17)29-4/h5-12,14,23H,13H2,1-4H3,(H,26,28). The lowest BCUT2D eigenvalue weighted by atomic mass is 10.0. The van der Waals surface area contributed by atoms with Gasteiger partial charge in [-0.05, 0) is 54.8 Å². The number of nitrogens with zero attached hydrogens (tertiary/aromatic N) is 2. The molecule has 1 unspecified atom stereocenters. The van der Waals surface area contributed by atoms with Crippen LogP contribution in [0.2, 0.25) is 0 Å². The van der Waals surface area contributed by atoms with Gasteiger partial charge in [-0.3, -0.25) is 4.79 Å². The maximum atomic E-state index is 13.0. The molecule has 1 N–H and O–H groups in total. The molecule has 6 heteroatoms. The van der Waals surface area contributed by atoms with Gasteiger partial charge in [0.05, 0.1) is 19.8 Å². The molecule has 1 amide bonds. The predicted molar refractivity (Wildman–Crippen MR) is 116 cm³/mol. The normalized spacial score (nSPS) is 12.1. The van der Waals surface area contributed by atoms with Gasteiger partial charge >= 0.3 is 0 Å². The molecule has 0 saturated heterocycles. The highest BCUT2D eigenvalue weighted by Crippen LogP contribution is 2.27. The Kier molecular flexibility index (Phi) is 5.31. The molecule has 2 aromatic carbocycles. The van der Waals surface area contributed by atoms with Crippen LogP contribution in [0.25, 0.3) is 11.0 Å². The summed E-state index contributed by atoms with van der Waals surface area (Å²) in [6.07, 6.45) is 5.48. The van der Waals surface area contributed by atoms with E-state index in [0.717, 1.165) is 33.7 Å². The van der Waals surface area contributed by atoms with Crippen LogP contribution in [0.3, 0.4) is 0 Å². The number of benzene rings is 2. The summed E-state index contributed by atoms with van der Waals surface area (Å²) in [5.41, 5.74) is 4.92. The molecule has 2 aromatic heterocycles. The third-order valence-electron chi connectivity index (χ3n) is 5.47. The van der Waals surface area contributed by atoms with Crippen LogP contribution in [0.5, 0.6) is 5.75 Å². The van der Waals surface area contributed by atoms with E-state index in [4.69, 9.17) is 9.15 Å². The van der Waals surface area contributed by atoms with E-state index < -0.39 is 6.04 Å². The number of carbonyl (C=O) groups is 1. The molecule has 4 aromatic rings. The Hall–Kier alpha value is -3.54. The van der Waals surface area contributed by atoms with Gasteiger partial charge in [0.15, 0.2) is 0 Å². The summed E-state index contributed by atoms with van der Waals surface area (Å²) in [6.45, 7) is 4.11. The number of furan rings is 1. The van der Waals surface area contributed by atoms with Crippen molar-refractivity contribution in [3.63, 3.8) is 0 Å². The Morgan fingerprint density at radius 2 is 2.03 bits per heavy atom. The first kappa shape index (κ1) is 19.8. The molecular formula is C24H25N3O3. The van der Waals surface area contributed by atoms with Crippen molar-refractivity contribution >= 4 is 16.9 Å². The van der Waals surface area contributed by atoms with Crippen molar-refractivity contribution in [3.8, 4) is 5.75 Å². The first-order valence-corrected chi connectivity index (χ1v) is 9.84. The molecule has 4 rings (SSSR count). The fraction of sp³-hybridized carbons (Fsp3) is 0.250. The van der Waals surface area contributed by atoms with Gasteiger partial charge in [-0.25, -0.2) is 4.98 Å². The number of ether oxygens (including phenoxy) is 1. The molecule has 0 aliphatic carbocycles. The van der Waals surface area contributed by atoms with Gasteiger partial charge < -0.3 is 19.0 Å². The summed E-state index contributed by atoms with van der Waals surface area (Å²) in [6, 6.07) is 11.4. The zero-order valence-corrected chi connectivity index (χ0v) is 17.6. The number of aromatic nitrogens is 2. The maximum absolute atomic E-state index is 13.0. The molecule has 154 valence electrons. The highest BCUT2D eigenvalue weighted by atomic mass is 16.5. The fourth-order valence-electron chi connectivity index (χ4n) is 3.63. The van der Waals surface area contributed by atoms with Crippen molar-refractivity contribution in [1.29, 1.82) is 0 Å². The molecule has 0 radical (unpaired) electrons. The molecule has 0 bridgehead atoms. The molecule has 0 saturated carbocycles. The van der Waals surface area contributed by atoms with Crippen molar-refractivity contribution in [2.45, 2.75) is 26.3 Å². The van der Waals surface area contributed by atoms with E-state index in [0.29, 0.717) is 0 Å². The number of hydrogen-bond acceptors (Lipinski definition) is 4. The van der Waals surface area contributed by atoms with E-state index in [1.54, 1.807) is 19.6 Å². The minimum Gasteiger partial charge on any atom is -0.497 e. The van der Waals surface area contributed by atoms with Crippen molar-refractivity contribution < 1.29 is 13.9 Å². The topological polar surface area (TPSA) is 69.3 Å². The van der Waals surface area contributed by atoms with E-state index in [1.807, 2.05) is 48.1 Å². The minimum atomic E-state index is -0.394. The Bertz CT molecular complexity index is 1210.